The molecule has 0 amide bonds. The van der Waals surface area contributed by atoms with E-state index >= 15 is 0 Å². The summed E-state index contributed by atoms with van der Waals surface area (Å²) < 4.78 is 11.3. The van der Waals surface area contributed by atoms with Gasteiger partial charge in [-0.15, -0.1) is 0 Å². The van der Waals surface area contributed by atoms with E-state index < -0.39 is 0 Å². The highest BCUT2D eigenvalue weighted by Gasteiger charge is 2.27. The summed E-state index contributed by atoms with van der Waals surface area (Å²) >= 11 is 6.30. The highest BCUT2D eigenvalue weighted by Crippen LogP contribution is 2.38. The number of nitrogens with zero attached hydrogens (tertiary/aromatic N) is 7. The lowest BCUT2D eigenvalue weighted by Crippen LogP contribution is -2.01. The largest absolute Gasteiger partial charge is 0.345 e. The summed E-state index contributed by atoms with van der Waals surface area (Å²) in [4.78, 5) is 9.21. The average Bonchev–Trinajstić information content (AvgIpc) is 3.50. The predicted molar refractivity (Wildman–Crippen MR) is 110 cm³/mol. The Morgan fingerprint density at radius 3 is 2.90 bits per heavy atom. The Kier molecular flexibility index (Phi) is 3.69. The van der Waals surface area contributed by atoms with Crippen molar-refractivity contribution in [1.29, 1.82) is 0 Å². The normalized spacial score (nSPS) is 12.3. The molecule has 5 aromatic rings. The van der Waals surface area contributed by atoms with Crippen LogP contribution < -0.4 is 0 Å². The zero-order valence-electron chi connectivity index (χ0n) is 16.0. The number of imidazole rings is 1. The standard InChI is InChI=1S/C21H16ClN7O/c1-27-10-13-8-17-20(21-24-18(30-26-21)11-28-6-2-3-7-28)23-12-29(17)16-5-4-14(22)9-15(16)19(13)25-27/h2-7,9-10,12H,8,11H2,1H3. The third kappa shape index (κ3) is 2.68. The molecule has 8 nitrogen and oxygen atoms in total. The van der Waals surface area contributed by atoms with Gasteiger partial charge in [-0.25, -0.2) is 4.98 Å². The number of hydrogen-bond acceptors (Lipinski definition) is 5. The fourth-order valence-electron chi connectivity index (χ4n) is 3.97. The molecule has 5 heterocycles. The molecule has 1 aliphatic rings. The van der Waals surface area contributed by atoms with Crippen LogP contribution >= 0.6 is 11.6 Å². The number of fused-ring (bicyclic) bond motifs is 5. The maximum absolute atomic E-state index is 6.30. The summed E-state index contributed by atoms with van der Waals surface area (Å²) in [5, 5.41) is 9.54. The molecule has 0 saturated carbocycles. The number of aryl methyl sites for hydroxylation is 1. The van der Waals surface area contributed by atoms with E-state index in [0.717, 1.165) is 28.2 Å². The van der Waals surface area contributed by atoms with Gasteiger partial charge in [-0.3, -0.25) is 4.68 Å². The highest BCUT2D eigenvalue weighted by atomic mass is 35.5. The summed E-state index contributed by atoms with van der Waals surface area (Å²) in [6, 6.07) is 9.73. The van der Waals surface area contributed by atoms with Crippen LogP contribution in [0, 0.1) is 0 Å². The van der Waals surface area contributed by atoms with Crippen LogP contribution in [0.3, 0.4) is 0 Å². The summed E-state index contributed by atoms with van der Waals surface area (Å²) in [5.41, 5.74) is 5.65. The van der Waals surface area contributed by atoms with Gasteiger partial charge in [-0.2, -0.15) is 10.1 Å². The van der Waals surface area contributed by atoms with Crippen molar-refractivity contribution in [3.05, 3.63) is 77.4 Å². The molecule has 1 aliphatic heterocycles. The van der Waals surface area contributed by atoms with Crippen molar-refractivity contribution in [2.24, 2.45) is 7.05 Å². The number of aromatic nitrogens is 7. The van der Waals surface area contributed by atoms with Crippen molar-refractivity contribution >= 4 is 11.6 Å². The van der Waals surface area contributed by atoms with Crippen molar-refractivity contribution in [3.8, 4) is 28.5 Å². The van der Waals surface area contributed by atoms with Gasteiger partial charge >= 0.3 is 0 Å². The molecule has 0 bridgehead atoms. The Hall–Kier alpha value is -3.65. The summed E-state index contributed by atoms with van der Waals surface area (Å²) in [6.45, 7) is 0.518. The van der Waals surface area contributed by atoms with Gasteiger partial charge < -0.3 is 13.7 Å². The molecule has 0 spiro atoms. The van der Waals surface area contributed by atoms with E-state index in [1.807, 2.05) is 65.2 Å². The zero-order chi connectivity index (χ0) is 20.2. The summed E-state index contributed by atoms with van der Waals surface area (Å²) in [7, 11) is 1.92. The lowest BCUT2D eigenvalue weighted by atomic mass is 10.0. The van der Waals surface area contributed by atoms with E-state index in [1.165, 1.54) is 0 Å². The number of benzene rings is 1. The Labute approximate surface area is 176 Å². The van der Waals surface area contributed by atoms with Crippen LogP contribution in [0.25, 0.3) is 28.5 Å². The van der Waals surface area contributed by atoms with Crippen LogP contribution in [0.2, 0.25) is 5.02 Å². The van der Waals surface area contributed by atoms with Gasteiger partial charge in [-0.1, -0.05) is 16.8 Å². The van der Waals surface area contributed by atoms with Crippen LogP contribution in [0.4, 0.5) is 0 Å². The molecular weight excluding hydrogens is 402 g/mol. The van der Waals surface area contributed by atoms with E-state index in [-0.39, 0.29) is 0 Å². The molecule has 0 atom stereocenters. The Morgan fingerprint density at radius 2 is 2.03 bits per heavy atom. The van der Waals surface area contributed by atoms with E-state index in [9.17, 15) is 0 Å². The maximum Gasteiger partial charge on any atom is 0.246 e. The topological polar surface area (TPSA) is 79.5 Å². The van der Waals surface area contributed by atoms with Gasteiger partial charge in [0, 0.05) is 48.2 Å². The predicted octanol–water partition coefficient (Wildman–Crippen LogP) is 3.73. The van der Waals surface area contributed by atoms with Crippen molar-refractivity contribution in [2.45, 2.75) is 13.0 Å². The number of hydrogen-bond donors (Lipinski definition) is 0. The summed E-state index contributed by atoms with van der Waals surface area (Å²) in [6.07, 6.45) is 8.38. The van der Waals surface area contributed by atoms with E-state index in [2.05, 4.69) is 24.8 Å². The van der Waals surface area contributed by atoms with Crippen LogP contribution in [-0.2, 0) is 20.0 Å². The minimum absolute atomic E-state index is 0.480. The SMILES string of the molecule is Cn1cc2c(n1)-c1cc(Cl)ccc1-n1cnc(-c3noc(Cn4cccc4)n3)c1C2. The monoisotopic (exact) mass is 417 g/mol. The number of rotatable bonds is 3. The number of halogens is 1. The highest BCUT2D eigenvalue weighted by molar-refractivity contribution is 6.31. The van der Waals surface area contributed by atoms with Crippen molar-refractivity contribution in [2.75, 3.05) is 0 Å². The van der Waals surface area contributed by atoms with Crippen LogP contribution in [0.5, 0.6) is 0 Å². The van der Waals surface area contributed by atoms with Gasteiger partial charge in [0.15, 0.2) is 0 Å². The first kappa shape index (κ1) is 17.2. The first-order valence-electron chi connectivity index (χ1n) is 9.48. The van der Waals surface area contributed by atoms with Gasteiger partial charge in [0.2, 0.25) is 11.7 Å². The minimum Gasteiger partial charge on any atom is -0.345 e. The molecule has 0 aliphatic carbocycles. The molecule has 6 rings (SSSR count). The van der Waals surface area contributed by atoms with Crippen molar-refractivity contribution in [1.82, 2.24) is 34.0 Å². The molecule has 30 heavy (non-hydrogen) atoms. The zero-order valence-corrected chi connectivity index (χ0v) is 16.8. The Morgan fingerprint density at radius 1 is 1.17 bits per heavy atom. The third-order valence-corrected chi connectivity index (χ3v) is 5.50. The quantitative estimate of drug-likeness (QED) is 0.438. The van der Waals surface area contributed by atoms with Crippen LogP contribution in [0.15, 0.2) is 59.8 Å². The van der Waals surface area contributed by atoms with E-state index in [1.54, 1.807) is 6.33 Å². The van der Waals surface area contributed by atoms with Crippen molar-refractivity contribution < 1.29 is 4.52 Å². The molecule has 0 unspecified atom stereocenters. The first-order valence-corrected chi connectivity index (χ1v) is 9.86. The molecule has 0 N–H and O–H groups in total. The first-order chi connectivity index (χ1) is 14.7. The second-order valence-electron chi connectivity index (χ2n) is 7.29. The van der Waals surface area contributed by atoms with Gasteiger partial charge in [0.05, 0.1) is 17.1 Å². The lowest BCUT2D eigenvalue weighted by Gasteiger charge is -2.09. The van der Waals surface area contributed by atoms with E-state index in [0.29, 0.717) is 35.4 Å². The van der Waals surface area contributed by atoms with Crippen molar-refractivity contribution in [3.63, 3.8) is 0 Å². The molecule has 0 radical (unpaired) electrons. The third-order valence-electron chi connectivity index (χ3n) is 5.27. The fourth-order valence-corrected chi connectivity index (χ4v) is 4.14. The maximum atomic E-state index is 6.30. The molecule has 9 heteroatoms. The summed E-state index contributed by atoms with van der Waals surface area (Å²) in [5.74, 6) is 1.01. The smallest absolute Gasteiger partial charge is 0.246 e. The van der Waals surface area contributed by atoms with E-state index in [4.69, 9.17) is 16.1 Å². The lowest BCUT2D eigenvalue weighted by molar-refractivity contribution is 0.371. The van der Waals surface area contributed by atoms with Crippen LogP contribution in [-0.4, -0.2) is 34.0 Å². The molecule has 0 saturated heterocycles. The molecular formula is C21H16ClN7O. The molecule has 148 valence electrons. The Bertz CT molecular complexity index is 1380. The molecule has 4 aromatic heterocycles. The van der Waals surface area contributed by atoms with Gasteiger partial charge in [-0.05, 0) is 30.3 Å². The van der Waals surface area contributed by atoms with Gasteiger partial charge in [0.1, 0.15) is 18.6 Å². The average molecular weight is 418 g/mol. The minimum atomic E-state index is 0.480. The van der Waals surface area contributed by atoms with Gasteiger partial charge in [0.25, 0.3) is 0 Å². The molecule has 1 aromatic carbocycles. The molecule has 0 fully saturated rings. The second-order valence-corrected chi connectivity index (χ2v) is 7.73. The Balaban J connectivity index is 1.48. The second kappa shape index (κ2) is 6.43. The fraction of sp³-hybridized carbons (Fsp3) is 0.143. The van der Waals surface area contributed by atoms with Crippen LogP contribution in [0.1, 0.15) is 17.1 Å².